The topological polar surface area (TPSA) is 3.24 Å². The van der Waals surface area contributed by atoms with Crippen LogP contribution in [0.15, 0.2) is 0 Å². The molecule has 1 aliphatic carbocycles. The first-order valence-corrected chi connectivity index (χ1v) is 8.40. The Morgan fingerprint density at radius 1 is 1.06 bits per heavy atom. The predicted octanol–water partition coefficient (Wildman–Crippen LogP) is 4.71. The highest BCUT2D eigenvalue weighted by Gasteiger charge is 2.45. The van der Waals surface area contributed by atoms with Crippen LogP contribution in [-0.4, -0.2) is 24.5 Å². The highest BCUT2D eigenvalue weighted by Crippen LogP contribution is 2.54. The third-order valence-corrected chi connectivity index (χ3v) is 5.52. The number of rotatable bonds is 7. The minimum Gasteiger partial charge on any atom is -0.303 e. The van der Waals surface area contributed by atoms with Crippen LogP contribution in [-0.2, 0) is 0 Å². The number of hydrogen-bond donors (Lipinski definition) is 0. The Balaban J connectivity index is 1.71. The predicted molar refractivity (Wildman–Crippen MR) is 79.8 cm³/mol. The van der Waals surface area contributed by atoms with Crippen molar-refractivity contribution in [2.24, 2.45) is 17.3 Å². The molecule has 1 aliphatic heterocycles. The lowest BCUT2D eigenvalue weighted by molar-refractivity contribution is 0.123. The average Bonchev–Trinajstić information content (AvgIpc) is 3.10. The van der Waals surface area contributed by atoms with Crippen LogP contribution >= 0.6 is 0 Å². The van der Waals surface area contributed by atoms with Crippen LogP contribution in [0.5, 0.6) is 0 Å². The maximum absolute atomic E-state index is 2.76. The van der Waals surface area contributed by atoms with Crippen molar-refractivity contribution in [2.75, 3.05) is 19.6 Å². The van der Waals surface area contributed by atoms with E-state index in [1.165, 1.54) is 71.0 Å². The molecule has 1 heteroatoms. The Morgan fingerprint density at radius 2 is 1.61 bits per heavy atom. The van der Waals surface area contributed by atoms with Gasteiger partial charge in [-0.05, 0) is 68.9 Å². The molecule has 1 nitrogen and oxygen atoms in total. The van der Waals surface area contributed by atoms with Crippen molar-refractivity contribution in [3.05, 3.63) is 0 Å². The van der Waals surface area contributed by atoms with Crippen LogP contribution < -0.4 is 0 Å². The summed E-state index contributed by atoms with van der Waals surface area (Å²) in [5.74, 6) is 2.01. The van der Waals surface area contributed by atoms with Gasteiger partial charge in [0.05, 0.1) is 0 Å². The Morgan fingerprint density at radius 3 is 2.06 bits per heavy atom. The molecular formula is C17H33N. The standard InChI is InChI=1S/C17H33N/c1-4-6-15(7-5-2)14-18-12-8-16(9-13-18)17(3)10-11-17/h15-16H,4-14H2,1-3H3. The van der Waals surface area contributed by atoms with Crippen molar-refractivity contribution >= 4 is 0 Å². The molecule has 2 fully saturated rings. The van der Waals surface area contributed by atoms with Crippen molar-refractivity contribution in [1.29, 1.82) is 0 Å². The molecule has 1 heterocycles. The molecule has 0 aromatic rings. The Bertz CT molecular complexity index is 230. The second-order valence-corrected chi connectivity index (χ2v) is 7.17. The van der Waals surface area contributed by atoms with E-state index in [1.54, 1.807) is 0 Å². The summed E-state index contributed by atoms with van der Waals surface area (Å²) in [6.45, 7) is 11.3. The molecule has 0 radical (unpaired) electrons. The molecule has 2 rings (SSSR count). The van der Waals surface area contributed by atoms with Crippen LogP contribution in [0.3, 0.4) is 0 Å². The normalized spacial score (nSPS) is 24.7. The smallest absolute Gasteiger partial charge is 0.000966 e. The SMILES string of the molecule is CCCC(CCC)CN1CCC(C2(C)CC2)CC1. The molecule has 0 spiro atoms. The molecule has 2 aliphatic rings. The Kier molecular flexibility index (Phi) is 5.12. The summed E-state index contributed by atoms with van der Waals surface area (Å²) in [5.41, 5.74) is 0.762. The van der Waals surface area contributed by atoms with E-state index < -0.39 is 0 Å². The van der Waals surface area contributed by atoms with Crippen LogP contribution in [0, 0.1) is 17.3 Å². The molecule has 0 bridgehead atoms. The Labute approximate surface area is 114 Å². The van der Waals surface area contributed by atoms with Crippen LogP contribution in [0.2, 0.25) is 0 Å². The largest absolute Gasteiger partial charge is 0.303 e. The minimum atomic E-state index is 0.762. The average molecular weight is 251 g/mol. The second kappa shape index (κ2) is 6.41. The first kappa shape index (κ1) is 14.4. The zero-order valence-corrected chi connectivity index (χ0v) is 12.9. The summed E-state index contributed by atoms with van der Waals surface area (Å²) in [6.07, 6.45) is 11.6. The summed E-state index contributed by atoms with van der Waals surface area (Å²) in [7, 11) is 0. The number of piperidine rings is 1. The van der Waals surface area contributed by atoms with Gasteiger partial charge in [-0.1, -0.05) is 33.6 Å². The first-order valence-electron chi connectivity index (χ1n) is 8.40. The van der Waals surface area contributed by atoms with E-state index in [9.17, 15) is 0 Å². The van der Waals surface area contributed by atoms with E-state index in [0.717, 1.165) is 17.3 Å². The van der Waals surface area contributed by atoms with Gasteiger partial charge in [0.25, 0.3) is 0 Å². The van der Waals surface area contributed by atoms with Crippen molar-refractivity contribution in [1.82, 2.24) is 4.90 Å². The molecule has 18 heavy (non-hydrogen) atoms. The summed E-state index contributed by atoms with van der Waals surface area (Å²) in [6, 6.07) is 0. The summed E-state index contributed by atoms with van der Waals surface area (Å²) < 4.78 is 0. The van der Waals surface area contributed by atoms with E-state index in [0.29, 0.717) is 0 Å². The van der Waals surface area contributed by atoms with Gasteiger partial charge in [-0.3, -0.25) is 0 Å². The van der Waals surface area contributed by atoms with Crippen LogP contribution in [0.4, 0.5) is 0 Å². The van der Waals surface area contributed by atoms with Gasteiger partial charge in [0.15, 0.2) is 0 Å². The monoisotopic (exact) mass is 251 g/mol. The number of nitrogens with zero attached hydrogens (tertiary/aromatic N) is 1. The summed E-state index contributed by atoms with van der Waals surface area (Å²) >= 11 is 0. The first-order chi connectivity index (χ1) is 8.68. The quantitative estimate of drug-likeness (QED) is 0.633. The van der Waals surface area contributed by atoms with E-state index in [2.05, 4.69) is 25.7 Å². The van der Waals surface area contributed by atoms with Gasteiger partial charge in [0, 0.05) is 6.54 Å². The molecule has 1 saturated heterocycles. The molecule has 0 N–H and O–H groups in total. The van der Waals surface area contributed by atoms with E-state index >= 15 is 0 Å². The molecule has 106 valence electrons. The van der Waals surface area contributed by atoms with Gasteiger partial charge in [0.2, 0.25) is 0 Å². The van der Waals surface area contributed by atoms with E-state index in [4.69, 9.17) is 0 Å². The van der Waals surface area contributed by atoms with Gasteiger partial charge in [-0.2, -0.15) is 0 Å². The van der Waals surface area contributed by atoms with Gasteiger partial charge in [-0.25, -0.2) is 0 Å². The van der Waals surface area contributed by atoms with E-state index in [-0.39, 0.29) is 0 Å². The van der Waals surface area contributed by atoms with Crippen molar-refractivity contribution in [3.8, 4) is 0 Å². The molecule has 0 aromatic carbocycles. The van der Waals surface area contributed by atoms with Crippen molar-refractivity contribution in [2.45, 2.75) is 72.1 Å². The minimum absolute atomic E-state index is 0.762. The maximum atomic E-state index is 2.76. The van der Waals surface area contributed by atoms with E-state index in [1.807, 2.05) is 0 Å². The number of likely N-dealkylation sites (tertiary alicyclic amines) is 1. The highest BCUT2D eigenvalue weighted by atomic mass is 15.1. The zero-order valence-electron chi connectivity index (χ0n) is 12.9. The third kappa shape index (κ3) is 3.73. The third-order valence-electron chi connectivity index (χ3n) is 5.52. The van der Waals surface area contributed by atoms with Gasteiger partial charge in [-0.15, -0.1) is 0 Å². The fraction of sp³-hybridized carbons (Fsp3) is 1.00. The molecule has 0 atom stereocenters. The Hall–Kier alpha value is -0.0400. The summed E-state index contributed by atoms with van der Waals surface area (Å²) in [5, 5.41) is 0. The van der Waals surface area contributed by atoms with Crippen molar-refractivity contribution < 1.29 is 0 Å². The molecule has 0 amide bonds. The highest BCUT2D eigenvalue weighted by molar-refractivity contribution is 4.96. The lowest BCUT2D eigenvalue weighted by Gasteiger charge is -2.36. The molecule has 0 unspecified atom stereocenters. The lowest BCUT2D eigenvalue weighted by atomic mass is 9.82. The van der Waals surface area contributed by atoms with Gasteiger partial charge in [0.1, 0.15) is 0 Å². The fourth-order valence-electron chi connectivity index (χ4n) is 3.93. The maximum Gasteiger partial charge on any atom is 0.000966 e. The second-order valence-electron chi connectivity index (χ2n) is 7.17. The molecular weight excluding hydrogens is 218 g/mol. The van der Waals surface area contributed by atoms with Crippen molar-refractivity contribution in [3.63, 3.8) is 0 Å². The summed E-state index contributed by atoms with van der Waals surface area (Å²) in [4.78, 5) is 2.76. The van der Waals surface area contributed by atoms with Gasteiger partial charge >= 0.3 is 0 Å². The molecule has 0 aromatic heterocycles. The zero-order chi connectivity index (χ0) is 13.0. The van der Waals surface area contributed by atoms with Gasteiger partial charge < -0.3 is 4.90 Å². The lowest BCUT2D eigenvalue weighted by Crippen LogP contribution is -2.39. The fourth-order valence-corrected chi connectivity index (χ4v) is 3.93. The molecule has 1 saturated carbocycles. The van der Waals surface area contributed by atoms with Crippen LogP contribution in [0.1, 0.15) is 72.1 Å². The number of hydrogen-bond acceptors (Lipinski definition) is 1. The van der Waals surface area contributed by atoms with Crippen LogP contribution in [0.25, 0.3) is 0 Å².